The molecule has 0 saturated carbocycles. The Labute approximate surface area is 200 Å². The first kappa shape index (κ1) is 23.6. The number of fused-ring (bicyclic) bond motifs is 1. The van der Waals surface area contributed by atoms with E-state index in [0.29, 0.717) is 30.4 Å². The number of ether oxygens (including phenoxy) is 2. The maximum Gasteiger partial charge on any atom is 0.264 e. The average molecular weight is 481 g/mol. The SMILES string of the molecule is CCc1ccc([C@@H](C)NC(=O)CN(c2ccc3c(c2)OCCO3)S(=O)(=O)c2ccccc2)cc1. The summed E-state index contributed by atoms with van der Waals surface area (Å²) >= 11 is 0. The molecule has 3 aromatic carbocycles. The molecule has 4 rings (SSSR count). The second-order valence-electron chi connectivity index (χ2n) is 8.04. The molecule has 1 N–H and O–H groups in total. The van der Waals surface area contributed by atoms with Crippen LogP contribution in [0, 0.1) is 0 Å². The molecule has 8 heteroatoms. The summed E-state index contributed by atoms with van der Waals surface area (Å²) in [7, 11) is -4.01. The number of rotatable bonds is 8. The van der Waals surface area contributed by atoms with Crippen LogP contribution in [0.3, 0.4) is 0 Å². The molecule has 34 heavy (non-hydrogen) atoms. The molecule has 0 bridgehead atoms. The van der Waals surface area contributed by atoms with Gasteiger partial charge in [0.05, 0.1) is 16.6 Å². The lowest BCUT2D eigenvalue weighted by Crippen LogP contribution is -2.41. The first-order chi connectivity index (χ1) is 16.4. The third-order valence-corrected chi connectivity index (χ3v) is 7.49. The number of nitrogens with zero attached hydrogens (tertiary/aromatic N) is 1. The molecule has 0 radical (unpaired) electrons. The van der Waals surface area contributed by atoms with Gasteiger partial charge in [-0.15, -0.1) is 0 Å². The van der Waals surface area contributed by atoms with Crippen molar-refractivity contribution in [2.45, 2.75) is 31.2 Å². The minimum Gasteiger partial charge on any atom is -0.486 e. The largest absolute Gasteiger partial charge is 0.486 e. The topological polar surface area (TPSA) is 84.9 Å². The van der Waals surface area contributed by atoms with Crippen LogP contribution in [0.5, 0.6) is 11.5 Å². The van der Waals surface area contributed by atoms with Gasteiger partial charge in [0.2, 0.25) is 5.91 Å². The molecule has 1 heterocycles. The molecule has 178 valence electrons. The van der Waals surface area contributed by atoms with E-state index in [1.807, 2.05) is 31.2 Å². The number of nitrogens with one attached hydrogen (secondary N) is 1. The molecule has 0 saturated heterocycles. The minimum absolute atomic E-state index is 0.0980. The molecular formula is C26H28N2O5S. The first-order valence-corrected chi connectivity index (χ1v) is 12.7. The number of benzene rings is 3. The summed E-state index contributed by atoms with van der Waals surface area (Å²) in [4.78, 5) is 13.1. The molecule has 0 unspecified atom stereocenters. The van der Waals surface area contributed by atoms with Crippen LogP contribution in [0.2, 0.25) is 0 Å². The van der Waals surface area contributed by atoms with Crippen LogP contribution in [0.15, 0.2) is 77.7 Å². The number of amides is 1. The molecule has 1 aliphatic heterocycles. The highest BCUT2D eigenvalue weighted by Gasteiger charge is 2.29. The molecule has 0 spiro atoms. The van der Waals surface area contributed by atoms with E-state index in [2.05, 4.69) is 12.2 Å². The summed E-state index contributed by atoms with van der Waals surface area (Å²) in [5.74, 6) is 0.573. The van der Waals surface area contributed by atoms with E-state index in [9.17, 15) is 13.2 Å². The molecule has 1 atom stereocenters. The predicted octanol–water partition coefficient (Wildman–Crippen LogP) is 4.09. The van der Waals surface area contributed by atoms with Crippen molar-refractivity contribution in [1.29, 1.82) is 0 Å². The number of carbonyl (C=O) groups excluding carboxylic acids is 1. The van der Waals surface area contributed by atoms with Crippen LogP contribution < -0.4 is 19.1 Å². The van der Waals surface area contributed by atoms with E-state index >= 15 is 0 Å². The fourth-order valence-corrected chi connectivity index (χ4v) is 5.20. The van der Waals surface area contributed by atoms with E-state index in [1.54, 1.807) is 36.4 Å². The summed E-state index contributed by atoms with van der Waals surface area (Å²) in [5.41, 5.74) is 2.48. The Hall–Kier alpha value is -3.52. The fourth-order valence-electron chi connectivity index (χ4n) is 3.76. The molecule has 1 amide bonds. The number of anilines is 1. The number of aryl methyl sites for hydroxylation is 1. The molecule has 0 fully saturated rings. The summed E-state index contributed by atoms with van der Waals surface area (Å²) in [5, 5.41) is 2.92. The molecule has 3 aromatic rings. The van der Waals surface area contributed by atoms with Crippen LogP contribution in [-0.4, -0.2) is 34.1 Å². The van der Waals surface area contributed by atoms with Gasteiger partial charge >= 0.3 is 0 Å². The highest BCUT2D eigenvalue weighted by molar-refractivity contribution is 7.92. The highest BCUT2D eigenvalue weighted by atomic mass is 32.2. The van der Waals surface area contributed by atoms with Crippen molar-refractivity contribution >= 4 is 21.6 Å². The van der Waals surface area contributed by atoms with Crippen LogP contribution in [0.4, 0.5) is 5.69 Å². The van der Waals surface area contributed by atoms with E-state index in [-0.39, 0.29) is 17.5 Å². The van der Waals surface area contributed by atoms with Gasteiger partial charge in [-0.1, -0.05) is 49.4 Å². The zero-order valence-corrected chi connectivity index (χ0v) is 20.0. The smallest absolute Gasteiger partial charge is 0.264 e. The molecule has 7 nitrogen and oxygen atoms in total. The van der Waals surface area contributed by atoms with Gasteiger partial charge in [0, 0.05) is 6.07 Å². The monoisotopic (exact) mass is 480 g/mol. The van der Waals surface area contributed by atoms with Gasteiger partial charge in [-0.25, -0.2) is 8.42 Å². The van der Waals surface area contributed by atoms with Crippen LogP contribution in [0.1, 0.15) is 31.0 Å². The summed E-state index contributed by atoms with van der Waals surface area (Å²) in [6, 6.07) is 20.7. The van der Waals surface area contributed by atoms with Crippen LogP contribution >= 0.6 is 0 Å². The van der Waals surface area contributed by atoms with Crippen molar-refractivity contribution in [3.8, 4) is 11.5 Å². The predicted molar refractivity (Wildman–Crippen MR) is 131 cm³/mol. The van der Waals surface area contributed by atoms with Crippen molar-refractivity contribution in [3.63, 3.8) is 0 Å². The molecule has 0 aliphatic carbocycles. The van der Waals surface area contributed by atoms with E-state index < -0.39 is 15.9 Å². The van der Waals surface area contributed by atoms with Crippen LogP contribution in [-0.2, 0) is 21.2 Å². The van der Waals surface area contributed by atoms with Gasteiger partial charge < -0.3 is 14.8 Å². The lowest BCUT2D eigenvalue weighted by molar-refractivity contribution is -0.120. The second-order valence-corrected chi connectivity index (χ2v) is 9.90. The van der Waals surface area contributed by atoms with Gasteiger partial charge in [-0.05, 0) is 48.7 Å². The van der Waals surface area contributed by atoms with Gasteiger partial charge in [0.25, 0.3) is 10.0 Å². The maximum atomic E-state index is 13.5. The van der Waals surface area contributed by atoms with Gasteiger partial charge in [0.1, 0.15) is 19.8 Å². The molecular weight excluding hydrogens is 452 g/mol. The Kier molecular flexibility index (Phi) is 7.07. The van der Waals surface area contributed by atoms with Crippen molar-refractivity contribution in [2.75, 3.05) is 24.1 Å². The Morgan fingerprint density at radius 1 is 0.971 bits per heavy atom. The Morgan fingerprint density at radius 2 is 1.65 bits per heavy atom. The fraction of sp³-hybridized carbons (Fsp3) is 0.269. The van der Waals surface area contributed by atoms with Crippen molar-refractivity contribution in [3.05, 3.63) is 83.9 Å². The number of sulfonamides is 1. The standard InChI is InChI=1S/C26H28N2O5S/c1-3-20-9-11-21(12-10-20)19(2)27-26(29)18-28(34(30,31)23-7-5-4-6-8-23)22-13-14-24-25(17-22)33-16-15-32-24/h4-14,17,19H,3,15-16,18H2,1-2H3,(H,27,29)/t19-/m1/s1. The number of carbonyl (C=O) groups is 1. The Bertz CT molecular complexity index is 1240. The maximum absolute atomic E-state index is 13.5. The molecule has 1 aliphatic rings. The van der Waals surface area contributed by atoms with E-state index in [4.69, 9.17) is 9.47 Å². The molecule has 0 aromatic heterocycles. The zero-order valence-electron chi connectivity index (χ0n) is 19.2. The minimum atomic E-state index is -4.01. The van der Waals surface area contributed by atoms with E-state index in [1.165, 1.54) is 17.7 Å². The van der Waals surface area contributed by atoms with Crippen molar-refractivity contribution in [1.82, 2.24) is 5.32 Å². The summed E-state index contributed by atoms with van der Waals surface area (Å²) < 4.78 is 39.4. The van der Waals surface area contributed by atoms with Gasteiger partial charge in [-0.3, -0.25) is 9.10 Å². The third-order valence-electron chi connectivity index (χ3n) is 5.70. The van der Waals surface area contributed by atoms with Gasteiger partial charge in [-0.2, -0.15) is 0 Å². The van der Waals surface area contributed by atoms with Gasteiger partial charge in [0.15, 0.2) is 11.5 Å². The number of hydrogen-bond donors (Lipinski definition) is 1. The Morgan fingerprint density at radius 3 is 2.32 bits per heavy atom. The first-order valence-electron chi connectivity index (χ1n) is 11.2. The van der Waals surface area contributed by atoms with Crippen LogP contribution in [0.25, 0.3) is 0 Å². The lowest BCUT2D eigenvalue weighted by atomic mass is 10.1. The zero-order chi connectivity index (χ0) is 24.1. The number of hydrogen-bond acceptors (Lipinski definition) is 5. The van der Waals surface area contributed by atoms with Crippen molar-refractivity contribution < 1.29 is 22.7 Å². The van der Waals surface area contributed by atoms with Crippen molar-refractivity contribution in [2.24, 2.45) is 0 Å². The second kappa shape index (κ2) is 10.2. The quantitative estimate of drug-likeness (QED) is 0.525. The Balaban J connectivity index is 1.61. The summed E-state index contributed by atoms with van der Waals surface area (Å²) in [6.45, 7) is 4.38. The summed E-state index contributed by atoms with van der Waals surface area (Å²) in [6.07, 6.45) is 0.933. The highest BCUT2D eigenvalue weighted by Crippen LogP contribution is 2.35. The van der Waals surface area contributed by atoms with E-state index in [0.717, 1.165) is 16.3 Å². The lowest BCUT2D eigenvalue weighted by Gasteiger charge is -2.27. The normalized spacial score (nSPS) is 13.7. The average Bonchev–Trinajstić information content (AvgIpc) is 2.87. The third kappa shape index (κ3) is 5.17.